The highest BCUT2D eigenvalue weighted by atomic mass is 32.2. The lowest BCUT2D eigenvalue weighted by molar-refractivity contribution is -0.116. The van der Waals surface area contributed by atoms with Crippen LogP contribution >= 0.6 is 23.1 Å². The first kappa shape index (κ1) is 18.2. The number of hydrogen-bond acceptors (Lipinski definition) is 7. The Kier molecular flexibility index (Phi) is 5.03. The third-order valence-corrected chi connectivity index (χ3v) is 6.99. The van der Waals surface area contributed by atoms with Gasteiger partial charge in [0.1, 0.15) is 0 Å². The average molecular weight is 399 g/mol. The summed E-state index contributed by atoms with van der Waals surface area (Å²) in [4.78, 5) is 13.4. The van der Waals surface area contributed by atoms with E-state index < -0.39 is 10.0 Å². The highest BCUT2D eigenvalue weighted by Crippen LogP contribution is 2.32. The summed E-state index contributed by atoms with van der Waals surface area (Å²) in [6.45, 7) is 6.15. The van der Waals surface area contributed by atoms with Gasteiger partial charge >= 0.3 is 0 Å². The van der Waals surface area contributed by atoms with Crippen molar-refractivity contribution in [1.82, 2.24) is 10.2 Å². The van der Waals surface area contributed by atoms with Crippen molar-refractivity contribution in [3.8, 4) is 0 Å². The maximum atomic E-state index is 12.6. The van der Waals surface area contributed by atoms with Gasteiger partial charge in [0.05, 0.1) is 4.90 Å². The first-order valence-corrected chi connectivity index (χ1v) is 10.9. The molecule has 2 heterocycles. The molecular formula is C15H18N4O3S3. The van der Waals surface area contributed by atoms with Crippen LogP contribution in [-0.2, 0) is 21.2 Å². The van der Waals surface area contributed by atoms with E-state index in [0.29, 0.717) is 18.2 Å². The molecule has 3 rings (SSSR count). The predicted octanol–water partition coefficient (Wildman–Crippen LogP) is 2.75. The Balaban J connectivity index is 1.81. The number of sulfonamides is 1. The number of carbonyl (C=O) groups is 1. The Morgan fingerprint density at radius 1 is 1.36 bits per heavy atom. The lowest BCUT2D eigenvalue weighted by atomic mass is 10.2. The molecule has 2 aromatic rings. The number of anilines is 2. The number of rotatable bonds is 5. The first-order valence-electron chi connectivity index (χ1n) is 7.70. The van der Waals surface area contributed by atoms with Gasteiger partial charge in [-0.2, -0.15) is 0 Å². The molecule has 0 radical (unpaired) electrons. The van der Waals surface area contributed by atoms with Gasteiger partial charge in [-0.1, -0.05) is 36.9 Å². The minimum Gasteiger partial charge on any atom is -0.312 e. The molecule has 0 saturated heterocycles. The van der Waals surface area contributed by atoms with Crippen molar-refractivity contribution in [3.63, 3.8) is 0 Å². The minimum atomic E-state index is -3.74. The molecule has 10 heteroatoms. The van der Waals surface area contributed by atoms with Crippen LogP contribution < -0.4 is 9.62 Å². The van der Waals surface area contributed by atoms with Crippen molar-refractivity contribution in [2.45, 2.75) is 41.7 Å². The number of carbonyl (C=O) groups excluding carboxylic acids is 1. The van der Waals surface area contributed by atoms with E-state index in [1.807, 2.05) is 13.8 Å². The van der Waals surface area contributed by atoms with Crippen molar-refractivity contribution in [3.05, 3.63) is 23.8 Å². The summed E-state index contributed by atoms with van der Waals surface area (Å²) in [6, 6.07) is 4.80. The molecule has 1 aromatic heterocycles. The topological polar surface area (TPSA) is 92.3 Å². The number of fused-ring (bicyclic) bond motifs is 1. The van der Waals surface area contributed by atoms with Crippen molar-refractivity contribution < 1.29 is 13.2 Å². The van der Waals surface area contributed by atoms with Crippen LogP contribution in [-0.4, -0.2) is 36.3 Å². The van der Waals surface area contributed by atoms with Crippen LogP contribution in [0.4, 0.5) is 10.8 Å². The molecule has 0 atom stereocenters. The van der Waals surface area contributed by atoms with Crippen LogP contribution in [0.2, 0.25) is 0 Å². The van der Waals surface area contributed by atoms with Crippen LogP contribution in [0.5, 0.6) is 0 Å². The Morgan fingerprint density at radius 2 is 2.12 bits per heavy atom. The van der Waals surface area contributed by atoms with Gasteiger partial charge in [0, 0.05) is 24.4 Å². The van der Waals surface area contributed by atoms with E-state index in [1.54, 1.807) is 17.0 Å². The summed E-state index contributed by atoms with van der Waals surface area (Å²) >= 11 is 2.74. The Hall–Kier alpha value is -1.65. The number of aromatic nitrogens is 2. The summed E-state index contributed by atoms with van der Waals surface area (Å²) in [6.07, 6.45) is 0.645. The maximum Gasteiger partial charge on any atom is 0.263 e. The van der Waals surface area contributed by atoms with Gasteiger partial charge in [0.15, 0.2) is 4.34 Å². The van der Waals surface area contributed by atoms with Crippen LogP contribution in [0.15, 0.2) is 27.4 Å². The third-order valence-electron chi connectivity index (χ3n) is 3.60. The van der Waals surface area contributed by atoms with Gasteiger partial charge in [0.25, 0.3) is 10.0 Å². The van der Waals surface area contributed by atoms with Crippen molar-refractivity contribution in [2.24, 2.45) is 0 Å². The third kappa shape index (κ3) is 3.96. The summed E-state index contributed by atoms with van der Waals surface area (Å²) in [7, 11) is -3.74. The van der Waals surface area contributed by atoms with E-state index in [0.717, 1.165) is 15.6 Å². The molecule has 0 spiro atoms. The monoisotopic (exact) mass is 398 g/mol. The normalized spacial score (nSPS) is 14.0. The zero-order chi connectivity index (χ0) is 18.2. The fourth-order valence-electron chi connectivity index (χ4n) is 2.55. The Bertz CT molecular complexity index is 908. The van der Waals surface area contributed by atoms with E-state index in [1.165, 1.54) is 36.1 Å². The fourth-order valence-corrected chi connectivity index (χ4v) is 5.80. The van der Waals surface area contributed by atoms with Gasteiger partial charge in [0.2, 0.25) is 11.0 Å². The van der Waals surface area contributed by atoms with E-state index in [4.69, 9.17) is 0 Å². The second kappa shape index (κ2) is 6.93. The molecule has 25 heavy (non-hydrogen) atoms. The molecule has 1 amide bonds. The highest BCUT2D eigenvalue weighted by molar-refractivity contribution is 8.01. The standard InChI is InChI=1S/C15H18N4O3S3/c1-9(2)23-15-17-16-14(24-15)18-25(21,22)12-4-5-13-11(8-12)6-7-19(13)10(3)20/h4-5,8-9H,6-7H2,1-3H3,(H,16,18). The van der Waals surface area contributed by atoms with Crippen LogP contribution in [0, 0.1) is 0 Å². The van der Waals surface area contributed by atoms with Crippen molar-refractivity contribution in [2.75, 3.05) is 16.2 Å². The molecule has 0 bridgehead atoms. The van der Waals surface area contributed by atoms with Crippen molar-refractivity contribution >= 4 is 49.8 Å². The maximum absolute atomic E-state index is 12.6. The number of benzene rings is 1. The molecule has 7 nitrogen and oxygen atoms in total. The van der Waals surface area contributed by atoms with Gasteiger partial charge in [-0.15, -0.1) is 10.2 Å². The van der Waals surface area contributed by atoms with Crippen LogP contribution in [0.25, 0.3) is 0 Å². The second-order valence-electron chi connectivity index (χ2n) is 5.86. The van der Waals surface area contributed by atoms with Gasteiger partial charge in [-0.25, -0.2) is 8.42 Å². The molecule has 0 fully saturated rings. The van der Waals surface area contributed by atoms with E-state index in [9.17, 15) is 13.2 Å². The lowest BCUT2D eigenvalue weighted by Gasteiger charge is -2.14. The SMILES string of the molecule is CC(=O)N1CCc2cc(S(=O)(=O)Nc3nnc(SC(C)C)s3)ccc21. The van der Waals surface area contributed by atoms with E-state index in [2.05, 4.69) is 14.9 Å². The molecule has 0 unspecified atom stereocenters. The number of amides is 1. The molecule has 0 aliphatic carbocycles. The second-order valence-corrected chi connectivity index (χ2v) is 10.3. The molecule has 1 N–H and O–H groups in total. The number of thioether (sulfide) groups is 1. The summed E-state index contributed by atoms with van der Waals surface area (Å²) < 4.78 is 28.4. The summed E-state index contributed by atoms with van der Waals surface area (Å²) in [5.74, 6) is -0.0449. The largest absolute Gasteiger partial charge is 0.312 e. The van der Waals surface area contributed by atoms with Gasteiger partial charge in [-0.3, -0.25) is 9.52 Å². The van der Waals surface area contributed by atoms with Gasteiger partial charge < -0.3 is 4.90 Å². The number of nitrogens with one attached hydrogen (secondary N) is 1. The van der Waals surface area contributed by atoms with Crippen LogP contribution in [0.3, 0.4) is 0 Å². The average Bonchev–Trinajstić information content (AvgIpc) is 3.12. The number of nitrogens with zero attached hydrogens (tertiary/aromatic N) is 3. The summed E-state index contributed by atoms with van der Waals surface area (Å²) in [5.41, 5.74) is 1.63. The van der Waals surface area contributed by atoms with Crippen LogP contribution in [0.1, 0.15) is 26.3 Å². The quantitative estimate of drug-likeness (QED) is 0.779. The fraction of sp³-hybridized carbons (Fsp3) is 0.400. The van der Waals surface area contributed by atoms with E-state index >= 15 is 0 Å². The molecule has 1 aliphatic rings. The zero-order valence-corrected chi connectivity index (χ0v) is 16.5. The smallest absolute Gasteiger partial charge is 0.263 e. The Labute approximate surface area is 154 Å². The van der Waals surface area contributed by atoms with E-state index in [-0.39, 0.29) is 15.9 Å². The number of hydrogen-bond donors (Lipinski definition) is 1. The first-order chi connectivity index (χ1) is 11.8. The Morgan fingerprint density at radius 3 is 2.80 bits per heavy atom. The molecule has 134 valence electrons. The molecule has 1 aliphatic heterocycles. The molecule has 1 aromatic carbocycles. The van der Waals surface area contributed by atoms with Crippen molar-refractivity contribution in [1.29, 1.82) is 0 Å². The molecule has 0 saturated carbocycles. The predicted molar refractivity (Wildman–Crippen MR) is 99.9 cm³/mol. The minimum absolute atomic E-state index is 0.0449. The lowest BCUT2D eigenvalue weighted by Crippen LogP contribution is -2.25. The van der Waals surface area contributed by atoms with Gasteiger partial charge in [-0.05, 0) is 30.2 Å². The zero-order valence-electron chi connectivity index (χ0n) is 14.0. The molecular weight excluding hydrogens is 380 g/mol. The summed E-state index contributed by atoms with van der Waals surface area (Å²) in [5, 5.41) is 8.46. The highest BCUT2D eigenvalue weighted by Gasteiger charge is 2.25.